The van der Waals surface area contributed by atoms with Gasteiger partial charge in [0.15, 0.2) is 12.0 Å². The van der Waals surface area contributed by atoms with Crippen LogP contribution < -0.4 is 0 Å². The molecule has 0 spiro atoms. The molecule has 0 atom stereocenters. The summed E-state index contributed by atoms with van der Waals surface area (Å²) in [7, 11) is 3.48. The van der Waals surface area contributed by atoms with Gasteiger partial charge in [-0.15, -0.1) is 0 Å². The van der Waals surface area contributed by atoms with Crippen molar-refractivity contribution < 1.29 is 4.79 Å². The van der Waals surface area contributed by atoms with Crippen LogP contribution in [0.2, 0.25) is 0 Å². The minimum absolute atomic E-state index is 0.00738. The van der Waals surface area contributed by atoms with Gasteiger partial charge in [-0.05, 0) is 23.8 Å². The van der Waals surface area contributed by atoms with Gasteiger partial charge in [0.1, 0.15) is 5.52 Å². The largest absolute Gasteiger partial charge is 0.345 e. The number of H-pyrrole nitrogens is 1. The summed E-state index contributed by atoms with van der Waals surface area (Å²) in [4.78, 5) is 24.6. The maximum atomic E-state index is 11.8. The number of rotatable bonds is 2. The van der Waals surface area contributed by atoms with E-state index in [1.165, 1.54) is 0 Å². The van der Waals surface area contributed by atoms with Crippen molar-refractivity contribution >= 4 is 17.1 Å². The minimum Gasteiger partial charge on any atom is -0.345 e. The zero-order valence-corrected chi connectivity index (χ0v) is 11.2. The molecule has 99 valence electrons. The first-order chi connectivity index (χ1) is 9.65. The fraction of sp³-hybridized carbons (Fsp3) is 0.133. The number of pyridine rings is 1. The van der Waals surface area contributed by atoms with Crippen LogP contribution in [0.5, 0.6) is 0 Å². The van der Waals surface area contributed by atoms with E-state index in [1.54, 1.807) is 25.2 Å². The molecule has 1 amide bonds. The summed E-state index contributed by atoms with van der Waals surface area (Å²) in [5.74, 6) is -0.00738. The Hall–Kier alpha value is -2.69. The molecule has 5 heteroatoms. The van der Waals surface area contributed by atoms with Gasteiger partial charge >= 0.3 is 0 Å². The molecule has 0 saturated carbocycles. The highest BCUT2D eigenvalue weighted by atomic mass is 16.2. The Bertz CT molecular complexity index is 759. The van der Waals surface area contributed by atoms with E-state index in [2.05, 4.69) is 21.3 Å². The molecule has 5 nitrogen and oxygen atoms in total. The third kappa shape index (κ3) is 2.14. The van der Waals surface area contributed by atoms with Crippen LogP contribution >= 0.6 is 0 Å². The molecule has 2 heterocycles. The van der Waals surface area contributed by atoms with Crippen molar-refractivity contribution in [1.82, 2.24) is 19.9 Å². The van der Waals surface area contributed by atoms with Gasteiger partial charge in [0.25, 0.3) is 5.91 Å². The van der Waals surface area contributed by atoms with E-state index in [4.69, 9.17) is 0 Å². The molecule has 0 aliphatic heterocycles. The van der Waals surface area contributed by atoms with Gasteiger partial charge in [0.05, 0.1) is 0 Å². The van der Waals surface area contributed by atoms with Crippen LogP contribution in [0.4, 0.5) is 0 Å². The second-order valence-corrected chi connectivity index (χ2v) is 4.72. The topological polar surface area (TPSA) is 61.9 Å². The number of benzene rings is 1. The van der Waals surface area contributed by atoms with Crippen LogP contribution in [-0.2, 0) is 0 Å². The zero-order valence-electron chi connectivity index (χ0n) is 11.2. The Morgan fingerprint density at radius 1 is 1.20 bits per heavy atom. The molecular weight excluding hydrogens is 252 g/mol. The van der Waals surface area contributed by atoms with Crippen molar-refractivity contribution in [3.05, 3.63) is 48.4 Å². The smallest absolute Gasteiger partial charge is 0.253 e. The number of aromatic amines is 1. The van der Waals surface area contributed by atoms with Crippen molar-refractivity contribution in [2.24, 2.45) is 0 Å². The number of nitrogens with one attached hydrogen (secondary N) is 1. The number of hydrogen-bond donors (Lipinski definition) is 1. The second kappa shape index (κ2) is 4.77. The van der Waals surface area contributed by atoms with Crippen molar-refractivity contribution in [3.8, 4) is 11.1 Å². The highest BCUT2D eigenvalue weighted by Gasteiger charge is 2.08. The molecule has 1 N–H and O–H groups in total. The first-order valence-corrected chi connectivity index (χ1v) is 6.19. The molecule has 2 aromatic heterocycles. The van der Waals surface area contributed by atoms with Crippen molar-refractivity contribution in [3.63, 3.8) is 0 Å². The predicted octanol–water partition coefficient (Wildman–Crippen LogP) is 2.13. The quantitative estimate of drug-likeness (QED) is 0.772. The number of carbonyl (C=O) groups is 1. The molecule has 3 aromatic rings. The normalized spacial score (nSPS) is 10.7. The molecule has 1 radical (unpaired) electrons. The number of fused-ring (bicyclic) bond motifs is 1. The zero-order chi connectivity index (χ0) is 14.1. The van der Waals surface area contributed by atoms with Gasteiger partial charge in [-0.3, -0.25) is 4.79 Å². The summed E-state index contributed by atoms with van der Waals surface area (Å²) < 4.78 is 0. The third-order valence-electron chi connectivity index (χ3n) is 3.09. The number of carbonyl (C=O) groups excluding carboxylic acids is 1. The molecule has 0 aliphatic carbocycles. The average molecular weight is 265 g/mol. The molecule has 0 saturated heterocycles. The molecule has 0 fully saturated rings. The van der Waals surface area contributed by atoms with Gasteiger partial charge in [-0.2, -0.15) is 0 Å². The first kappa shape index (κ1) is 12.3. The molecule has 0 unspecified atom stereocenters. The Balaban J connectivity index is 1.96. The summed E-state index contributed by atoms with van der Waals surface area (Å²) in [5.41, 5.74) is 4.12. The lowest BCUT2D eigenvalue weighted by molar-refractivity contribution is 0.0827. The summed E-state index contributed by atoms with van der Waals surface area (Å²) in [5, 5.41) is 0. The van der Waals surface area contributed by atoms with Crippen molar-refractivity contribution in [2.45, 2.75) is 0 Å². The van der Waals surface area contributed by atoms with Crippen LogP contribution in [0.25, 0.3) is 22.3 Å². The van der Waals surface area contributed by atoms with Crippen molar-refractivity contribution in [2.75, 3.05) is 14.1 Å². The molecular formula is C15H13N4O. The van der Waals surface area contributed by atoms with Crippen molar-refractivity contribution in [1.29, 1.82) is 0 Å². The SMILES string of the molecule is CN(C)C(=O)c1ccc(-c2cnc3[nH][c]nc3c2)cc1. The van der Waals surface area contributed by atoms with E-state index in [-0.39, 0.29) is 5.91 Å². The van der Waals surface area contributed by atoms with Crippen LogP contribution in [-0.4, -0.2) is 39.9 Å². The Kier molecular flexibility index (Phi) is 2.95. The second-order valence-electron chi connectivity index (χ2n) is 4.72. The maximum absolute atomic E-state index is 11.8. The number of imidazole rings is 1. The fourth-order valence-corrected chi connectivity index (χ4v) is 2.00. The highest BCUT2D eigenvalue weighted by molar-refractivity contribution is 5.94. The predicted molar refractivity (Wildman–Crippen MR) is 76.2 cm³/mol. The summed E-state index contributed by atoms with van der Waals surface area (Å²) in [6, 6.07) is 9.40. The van der Waals surface area contributed by atoms with Crippen LogP contribution in [0, 0.1) is 6.33 Å². The highest BCUT2D eigenvalue weighted by Crippen LogP contribution is 2.21. The first-order valence-electron chi connectivity index (χ1n) is 6.19. The van der Waals surface area contributed by atoms with Crippen LogP contribution in [0.15, 0.2) is 36.5 Å². The van der Waals surface area contributed by atoms with Crippen LogP contribution in [0.3, 0.4) is 0 Å². The number of amides is 1. The monoisotopic (exact) mass is 265 g/mol. The molecule has 1 aromatic carbocycles. The number of hydrogen-bond acceptors (Lipinski definition) is 3. The molecule has 0 aliphatic rings. The summed E-state index contributed by atoms with van der Waals surface area (Å²) in [6.07, 6.45) is 4.44. The lowest BCUT2D eigenvalue weighted by Gasteiger charge is -2.10. The summed E-state index contributed by atoms with van der Waals surface area (Å²) >= 11 is 0. The fourth-order valence-electron chi connectivity index (χ4n) is 2.00. The Labute approximate surface area is 116 Å². The van der Waals surface area contributed by atoms with E-state index in [9.17, 15) is 4.79 Å². The Morgan fingerprint density at radius 3 is 2.65 bits per heavy atom. The number of nitrogens with zero attached hydrogens (tertiary/aromatic N) is 3. The molecule has 0 bridgehead atoms. The van der Waals surface area contributed by atoms with Gasteiger partial charge < -0.3 is 9.88 Å². The van der Waals surface area contributed by atoms with Gasteiger partial charge in [0, 0.05) is 31.4 Å². The third-order valence-corrected chi connectivity index (χ3v) is 3.09. The van der Waals surface area contributed by atoms with E-state index in [0.29, 0.717) is 11.2 Å². The van der Waals surface area contributed by atoms with E-state index in [0.717, 1.165) is 16.6 Å². The van der Waals surface area contributed by atoms with Gasteiger partial charge in [0.2, 0.25) is 0 Å². The van der Waals surface area contributed by atoms with Gasteiger partial charge in [-0.1, -0.05) is 12.1 Å². The Morgan fingerprint density at radius 2 is 1.95 bits per heavy atom. The lowest BCUT2D eigenvalue weighted by Crippen LogP contribution is -2.21. The van der Waals surface area contributed by atoms with Crippen LogP contribution in [0.1, 0.15) is 10.4 Å². The lowest BCUT2D eigenvalue weighted by atomic mass is 10.1. The molecule has 20 heavy (non-hydrogen) atoms. The standard InChI is InChI=1S/C15H13N4O/c1-19(2)15(20)11-5-3-10(4-6-11)12-7-13-14(16-8-12)18-9-17-13/h3-8H,1-2H3,(H,16,17,18). The maximum Gasteiger partial charge on any atom is 0.253 e. The minimum atomic E-state index is -0.00738. The van der Waals surface area contributed by atoms with Gasteiger partial charge in [-0.25, -0.2) is 9.97 Å². The van der Waals surface area contributed by atoms with E-state index < -0.39 is 0 Å². The van der Waals surface area contributed by atoms with E-state index >= 15 is 0 Å². The average Bonchev–Trinajstić information content (AvgIpc) is 2.94. The summed E-state index contributed by atoms with van der Waals surface area (Å²) in [6.45, 7) is 0. The molecule has 3 rings (SSSR count). The number of aromatic nitrogens is 3. The van der Waals surface area contributed by atoms with E-state index in [1.807, 2.05) is 30.3 Å².